The van der Waals surface area contributed by atoms with Crippen molar-refractivity contribution in [2.24, 2.45) is 0 Å². The molecule has 0 aliphatic carbocycles. The van der Waals surface area contributed by atoms with Crippen LogP contribution >= 0.6 is 0 Å². The lowest BCUT2D eigenvalue weighted by Gasteiger charge is -2.33. The van der Waals surface area contributed by atoms with E-state index in [4.69, 9.17) is 0 Å². The Hall–Kier alpha value is -2.63. The van der Waals surface area contributed by atoms with Gasteiger partial charge in [0, 0.05) is 37.6 Å². The van der Waals surface area contributed by atoms with Crippen LogP contribution in [0.3, 0.4) is 0 Å². The van der Waals surface area contributed by atoms with Gasteiger partial charge in [-0.05, 0) is 24.5 Å². The van der Waals surface area contributed by atoms with Gasteiger partial charge >= 0.3 is 0 Å². The molecule has 1 aromatic heterocycles. The molecule has 0 spiro atoms. The zero-order chi connectivity index (χ0) is 16.5. The predicted octanol–water partition coefficient (Wildman–Crippen LogP) is 2.17. The first kappa shape index (κ1) is 14.9. The quantitative estimate of drug-likeness (QED) is 0.941. The molecule has 2 atom stereocenters. The van der Waals surface area contributed by atoms with Crippen LogP contribution in [0.15, 0.2) is 43.0 Å². The number of likely N-dealkylation sites (tertiary alicyclic amines) is 1. The van der Waals surface area contributed by atoms with Crippen molar-refractivity contribution in [2.45, 2.75) is 31.2 Å². The molecule has 1 saturated heterocycles. The van der Waals surface area contributed by atoms with Crippen LogP contribution in [-0.2, 0) is 9.59 Å². The molecule has 1 fully saturated rings. The lowest BCUT2D eigenvalue weighted by atomic mass is 9.95. The first-order chi connectivity index (χ1) is 11.7. The van der Waals surface area contributed by atoms with Gasteiger partial charge in [-0.1, -0.05) is 18.2 Å². The smallest absolute Gasteiger partial charge is 0.232 e. The summed E-state index contributed by atoms with van der Waals surface area (Å²) in [5.41, 5.74) is 1.76. The molecule has 2 aliphatic heterocycles. The van der Waals surface area contributed by atoms with E-state index >= 15 is 0 Å². The van der Waals surface area contributed by atoms with Crippen molar-refractivity contribution in [3.8, 4) is 0 Å². The zero-order valence-electron chi connectivity index (χ0n) is 13.4. The third-order valence-electron chi connectivity index (χ3n) is 4.99. The standard InChI is InChI=1S/C18H20N4O2/c23-17(10-15-14-5-1-2-6-16(14)20-18(15)24)21-8-3-4-13(11-21)22-9-7-19-12-22/h1-2,5-7,9,12-13,15H,3-4,8,10-11H2,(H,20,24). The molecule has 6 nitrogen and oxygen atoms in total. The summed E-state index contributed by atoms with van der Waals surface area (Å²) in [7, 11) is 0. The third kappa shape index (κ3) is 2.68. The second-order valence-corrected chi connectivity index (χ2v) is 6.48. The number of nitrogens with zero attached hydrogens (tertiary/aromatic N) is 3. The van der Waals surface area contributed by atoms with Crippen molar-refractivity contribution in [3.63, 3.8) is 0 Å². The minimum Gasteiger partial charge on any atom is -0.341 e. The molecule has 4 rings (SSSR count). The fraction of sp³-hybridized carbons (Fsp3) is 0.389. The Morgan fingerprint density at radius 3 is 3.04 bits per heavy atom. The SMILES string of the molecule is O=C1Nc2ccccc2C1CC(=O)N1CCCC(n2ccnc2)C1. The van der Waals surface area contributed by atoms with Gasteiger partial charge in [0.2, 0.25) is 11.8 Å². The number of fused-ring (bicyclic) bond motifs is 1. The van der Waals surface area contributed by atoms with E-state index in [-0.39, 0.29) is 30.2 Å². The topological polar surface area (TPSA) is 67.2 Å². The second-order valence-electron chi connectivity index (χ2n) is 6.48. The fourth-order valence-electron chi connectivity index (χ4n) is 3.69. The molecular formula is C18H20N4O2. The lowest BCUT2D eigenvalue weighted by molar-refractivity contribution is -0.134. The van der Waals surface area contributed by atoms with Crippen molar-refractivity contribution < 1.29 is 9.59 Å². The number of aromatic nitrogens is 2. The number of para-hydroxylation sites is 1. The summed E-state index contributed by atoms with van der Waals surface area (Å²) >= 11 is 0. The summed E-state index contributed by atoms with van der Waals surface area (Å²) < 4.78 is 2.07. The zero-order valence-corrected chi connectivity index (χ0v) is 13.4. The van der Waals surface area contributed by atoms with Gasteiger partial charge in [-0.15, -0.1) is 0 Å². The first-order valence-electron chi connectivity index (χ1n) is 8.37. The molecule has 0 saturated carbocycles. The maximum atomic E-state index is 12.7. The van der Waals surface area contributed by atoms with Crippen LogP contribution in [0.25, 0.3) is 0 Å². The maximum absolute atomic E-state index is 12.7. The number of benzene rings is 1. The fourth-order valence-corrected chi connectivity index (χ4v) is 3.69. The van der Waals surface area contributed by atoms with Gasteiger partial charge in [-0.2, -0.15) is 0 Å². The summed E-state index contributed by atoms with van der Waals surface area (Å²) in [6, 6.07) is 7.88. The molecule has 124 valence electrons. The molecule has 2 aliphatic rings. The molecule has 3 heterocycles. The number of carbonyl (C=O) groups is 2. The highest BCUT2D eigenvalue weighted by Crippen LogP contribution is 2.35. The largest absolute Gasteiger partial charge is 0.341 e. The van der Waals surface area contributed by atoms with Crippen molar-refractivity contribution >= 4 is 17.5 Å². The minimum absolute atomic E-state index is 0.0525. The van der Waals surface area contributed by atoms with Crippen molar-refractivity contribution in [1.29, 1.82) is 0 Å². The van der Waals surface area contributed by atoms with E-state index in [0.717, 1.165) is 30.6 Å². The number of piperidine rings is 1. The van der Waals surface area contributed by atoms with Gasteiger partial charge in [-0.3, -0.25) is 9.59 Å². The van der Waals surface area contributed by atoms with Crippen molar-refractivity contribution in [1.82, 2.24) is 14.5 Å². The Kier molecular flexibility index (Phi) is 3.80. The monoisotopic (exact) mass is 324 g/mol. The number of nitrogens with one attached hydrogen (secondary N) is 1. The van der Waals surface area contributed by atoms with Gasteiger partial charge in [0.1, 0.15) is 0 Å². The number of rotatable bonds is 3. The second kappa shape index (κ2) is 6.11. The maximum Gasteiger partial charge on any atom is 0.232 e. The highest BCUT2D eigenvalue weighted by Gasteiger charge is 2.34. The number of carbonyl (C=O) groups excluding carboxylic acids is 2. The van der Waals surface area contributed by atoms with Crippen LogP contribution in [0.5, 0.6) is 0 Å². The van der Waals surface area contributed by atoms with E-state index < -0.39 is 0 Å². The van der Waals surface area contributed by atoms with Gasteiger partial charge in [0.05, 0.1) is 18.3 Å². The predicted molar refractivity (Wildman–Crippen MR) is 89.5 cm³/mol. The molecule has 1 aromatic carbocycles. The number of hydrogen-bond donors (Lipinski definition) is 1. The number of hydrogen-bond acceptors (Lipinski definition) is 3. The molecule has 0 bridgehead atoms. The van der Waals surface area contributed by atoms with Crippen LogP contribution < -0.4 is 5.32 Å². The molecule has 2 aromatic rings. The molecule has 2 unspecified atom stereocenters. The van der Waals surface area contributed by atoms with Crippen LogP contribution in [0.2, 0.25) is 0 Å². The normalized spacial score (nSPS) is 23.0. The van der Waals surface area contributed by atoms with E-state index in [0.29, 0.717) is 6.54 Å². The van der Waals surface area contributed by atoms with Gasteiger partial charge in [0.25, 0.3) is 0 Å². The van der Waals surface area contributed by atoms with E-state index in [1.807, 2.05) is 35.4 Å². The Morgan fingerprint density at radius 2 is 2.21 bits per heavy atom. The first-order valence-corrected chi connectivity index (χ1v) is 8.37. The molecule has 24 heavy (non-hydrogen) atoms. The average Bonchev–Trinajstić information content (AvgIpc) is 3.24. The Balaban J connectivity index is 1.45. The average molecular weight is 324 g/mol. The number of anilines is 1. The highest BCUT2D eigenvalue weighted by atomic mass is 16.2. The van der Waals surface area contributed by atoms with Crippen molar-refractivity contribution in [3.05, 3.63) is 48.5 Å². The van der Waals surface area contributed by atoms with Gasteiger partial charge in [-0.25, -0.2) is 4.98 Å². The van der Waals surface area contributed by atoms with E-state index in [1.165, 1.54) is 0 Å². The summed E-state index contributed by atoms with van der Waals surface area (Å²) in [6.45, 7) is 1.45. The summed E-state index contributed by atoms with van der Waals surface area (Å²) in [4.78, 5) is 30.9. The van der Waals surface area contributed by atoms with E-state index in [2.05, 4.69) is 14.9 Å². The minimum atomic E-state index is -0.373. The molecule has 0 radical (unpaired) electrons. The van der Waals surface area contributed by atoms with Crippen LogP contribution in [0.4, 0.5) is 5.69 Å². The highest BCUT2D eigenvalue weighted by molar-refractivity contribution is 6.04. The Labute approximate surface area is 140 Å². The lowest BCUT2D eigenvalue weighted by Crippen LogP contribution is -2.41. The molecule has 1 N–H and O–H groups in total. The van der Waals surface area contributed by atoms with Gasteiger partial charge in [0.15, 0.2) is 0 Å². The summed E-state index contributed by atoms with van der Waals surface area (Å²) in [5, 5.41) is 2.86. The Bertz CT molecular complexity index is 756. The molecule has 2 amide bonds. The van der Waals surface area contributed by atoms with E-state index in [1.54, 1.807) is 12.5 Å². The van der Waals surface area contributed by atoms with E-state index in [9.17, 15) is 9.59 Å². The third-order valence-corrected chi connectivity index (χ3v) is 4.99. The van der Waals surface area contributed by atoms with Crippen molar-refractivity contribution in [2.75, 3.05) is 18.4 Å². The number of imidazole rings is 1. The number of amides is 2. The van der Waals surface area contributed by atoms with Crippen LogP contribution in [0.1, 0.15) is 36.8 Å². The Morgan fingerprint density at radius 1 is 1.33 bits per heavy atom. The summed E-state index contributed by atoms with van der Waals surface area (Å²) in [6.07, 6.45) is 7.77. The molecule has 6 heteroatoms. The van der Waals surface area contributed by atoms with Crippen LogP contribution in [0, 0.1) is 0 Å². The van der Waals surface area contributed by atoms with Crippen LogP contribution in [-0.4, -0.2) is 39.4 Å². The summed E-state index contributed by atoms with van der Waals surface area (Å²) in [5.74, 6) is -0.397. The van der Waals surface area contributed by atoms with Gasteiger partial charge < -0.3 is 14.8 Å². The molecular weight excluding hydrogens is 304 g/mol.